The first-order valence-electron chi connectivity index (χ1n) is 13.1. The highest BCUT2D eigenvalue weighted by Crippen LogP contribution is 2.40. The van der Waals surface area contributed by atoms with Crippen LogP contribution < -0.4 is 30.8 Å². The molecule has 0 saturated carbocycles. The lowest BCUT2D eigenvalue weighted by atomic mass is 9.78. The Balaban J connectivity index is 1.34. The van der Waals surface area contributed by atoms with Crippen LogP contribution in [0.15, 0.2) is 18.2 Å². The first-order chi connectivity index (χ1) is 16.8. The number of fused-ring (bicyclic) bond motifs is 2. The number of hydrazine groups is 1. The zero-order chi connectivity index (χ0) is 24.7. The Morgan fingerprint density at radius 1 is 1.17 bits per heavy atom. The molecule has 9 nitrogen and oxygen atoms in total. The van der Waals surface area contributed by atoms with E-state index in [-0.39, 0.29) is 59.8 Å². The topological polar surface area (TPSA) is 104 Å². The second-order valence-corrected chi connectivity index (χ2v) is 10.9. The zero-order valence-electron chi connectivity index (χ0n) is 21.2. The molecule has 0 bridgehead atoms. The number of carbonyl (C=O) groups excluding carboxylic acids is 2. The molecule has 1 aromatic rings. The molecule has 2 amide bonds. The highest BCUT2D eigenvalue weighted by atomic mass is 16.6. The Morgan fingerprint density at radius 2 is 1.94 bits per heavy atom. The number of amides is 2. The SMILES string of the molecule is CC1CC(C)C(CNC(=O)C2CC(c3ccc4c(c3)OCCO4)NC3C2CNN3C(C)C)C(=O)N1. The van der Waals surface area contributed by atoms with Crippen molar-refractivity contribution in [3.8, 4) is 11.5 Å². The molecule has 7 atom stereocenters. The van der Waals surface area contributed by atoms with Gasteiger partial charge < -0.3 is 20.1 Å². The van der Waals surface area contributed by atoms with Gasteiger partial charge >= 0.3 is 0 Å². The van der Waals surface area contributed by atoms with Gasteiger partial charge in [0.15, 0.2) is 11.5 Å². The molecule has 0 aromatic heterocycles. The molecule has 9 heteroatoms. The summed E-state index contributed by atoms with van der Waals surface area (Å²) in [5.74, 6) is 1.64. The molecule has 3 fully saturated rings. The summed E-state index contributed by atoms with van der Waals surface area (Å²) >= 11 is 0. The van der Waals surface area contributed by atoms with Gasteiger partial charge in [0, 0.05) is 43.1 Å². The minimum atomic E-state index is -0.185. The van der Waals surface area contributed by atoms with Crippen LogP contribution in [-0.4, -0.2) is 61.4 Å². The van der Waals surface area contributed by atoms with E-state index in [1.807, 2.05) is 19.1 Å². The standard InChI is InChI=1S/C26H39N5O4/c1-14(2)31-24-20(13-28-31)18(25(32)27-12-19-15(3)9-16(4)29-26(19)33)11-21(30-24)17-5-6-22-23(10-17)35-8-7-34-22/h5-6,10,14-16,18-21,24,28,30H,7-9,11-13H2,1-4H3,(H,27,32)(H,29,33). The molecule has 4 heterocycles. The second-order valence-electron chi connectivity index (χ2n) is 10.9. The van der Waals surface area contributed by atoms with Crippen LogP contribution in [0.1, 0.15) is 52.1 Å². The number of hydrogen-bond donors (Lipinski definition) is 4. The van der Waals surface area contributed by atoms with E-state index in [0.29, 0.717) is 26.2 Å². The summed E-state index contributed by atoms with van der Waals surface area (Å²) in [6.45, 7) is 10.7. The quantitative estimate of drug-likeness (QED) is 0.502. The molecule has 35 heavy (non-hydrogen) atoms. The van der Waals surface area contributed by atoms with Gasteiger partial charge in [0.25, 0.3) is 0 Å². The van der Waals surface area contributed by atoms with E-state index in [1.54, 1.807) is 0 Å². The number of rotatable bonds is 5. The molecule has 4 aliphatic heterocycles. The molecule has 3 saturated heterocycles. The van der Waals surface area contributed by atoms with E-state index in [1.165, 1.54) is 0 Å². The average Bonchev–Trinajstić information content (AvgIpc) is 3.26. The van der Waals surface area contributed by atoms with Gasteiger partial charge in [0.1, 0.15) is 13.2 Å². The maximum Gasteiger partial charge on any atom is 0.225 e. The normalized spacial score (nSPS) is 34.9. The van der Waals surface area contributed by atoms with Gasteiger partial charge in [-0.05, 0) is 57.2 Å². The van der Waals surface area contributed by atoms with Crippen LogP contribution in [-0.2, 0) is 9.59 Å². The van der Waals surface area contributed by atoms with Crippen molar-refractivity contribution in [3.05, 3.63) is 23.8 Å². The monoisotopic (exact) mass is 485 g/mol. The van der Waals surface area contributed by atoms with Gasteiger partial charge in [0.05, 0.1) is 12.1 Å². The van der Waals surface area contributed by atoms with Crippen molar-refractivity contribution in [2.45, 2.75) is 64.8 Å². The van der Waals surface area contributed by atoms with Crippen molar-refractivity contribution in [2.24, 2.45) is 23.7 Å². The van der Waals surface area contributed by atoms with E-state index < -0.39 is 0 Å². The number of benzene rings is 1. The third-order valence-corrected chi connectivity index (χ3v) is 8.09. The maximum atomic E-state index is 13.6. The third kappa shape index (κ3) is 4.86. The van der Waals surface area contributed by atoms with Gasteiger partial charge in [-0.25, -0.2) is 5.01 Å². The second kappa shape index (κ2) is 9.95. The van der Waals surface area contributed by atoms with Crippen molar-refractivity contribution < 1.29 is 19.1 Å². The summed E-state index contributed by atoms with van der Waals surface area (Å²) in [7, 11) is 0. The summed E-state index contributed by atoms with van der Waals surface area (Å²) in [6, 6.07) is 6.55. The molecule has 192 valence electrons. The van der Waals surface area contributed by atoms with Crippen molar-refractivity contribution in [3.63, 3.8) is 0 Å². The molecule has 4 aliphatic rings. The van der Waals surface area contributed by atoms with Gasteiger partial charge in [0.2, 0.25) is 11.8 Å². The summed E-state index contributed by atoms with van der Waals surface area (Å²) in [6.07, 6.45) is 1.66. The number of hydrogen-bond acceptors (Lipinski definition) is 7. The summed E-state index contributed by atoms with van der Waals surface area (Å²) in [5.41, 5.74) is 4.60. The largest absolute Gasteiger partial charge is 0.486 e. The predicted molar refractivity (Wildman–Crippen MR) is 132 cm³/mol. The summed E-state index contributed by atoms with van der Waals surface area (Å²) in [5, 5.41) is 12.2. The van der Waals surface area contributed by atoms with Crippen LogP contribution in [0.25, 0.3) is 0 Å². The van der Waals surface area contributed by atoms with Gasteiger partial charge in [-0.3, -0.25) is 20.3 Å². The minimum absolute atomic E-state index is 0.00160. The molecule has 4 N–H and O–H groups in total. The van der Waals surface area contributed by atoms with E-state index in [2.05, 4.69) is 53.2 Å². The lowest BCUT2D eigenvalue weighted by molar-refractivity contribution is -0.132. The first-order valence-corrected chi connectivity index (χ1v) is 13.1. The van der Waals surface area contributed by atoms with Crippen molar-refractivity contribution >= 4 is 11.8 Å². The van der Waals surface area contributed by atoms with Gasteiger partial charge in [-0.15, -0.1) is 0 Å². The van der Waals surface area contributed by atoms with Gasteiger partial charge in [-0.2, -0.15) is 0 Å². The van der Waals surface area contributed by atoms with Crippen molar-refractivity contribution in [1.29, 1.82) is 0 Å². The third-order valence-electron chi connectivity index (χ3n) is 8.09. The highest BCUT2D eigenvalue weighted by Gasteiger charge is 2.48. The molecule has 0 aliphatic carbocycles. The Bertz CT molecular complexity index is 956. The number of nitrogens with zero attached hydrogens (tertiary/aromatic N) is 1. The number of ether oxygens (including phenoxy) is 2. The van der Waals surface area contributed by atoms with E-state index in [0.717, 1.165) is 30.0 Å². The molecular weight excluding hydrogens is 446 g/mol. The van der Waals surface area contributed by atoms with E-state index in [4.69, 9.17) is 9.47 Å². The van der Waals surface area contributed by atoms with Crippen LogP contribution in [0.4, 0.5) is 0 Å². The average molecular weight is 486 g/mol. The van der Waals surface area contributed by atoms with Gasteiger partial charge in [-0.1, -0.05) is 13.0 Å². The minimum Gasteiger partial charge on any atom is -0.486 e. The highest BCUT2D eigenvalue weighted by molar-refractivity contribution is 5.83. The van der Waals surface area contributed by atoms with Crippen molar-refractivity contribution in [1.82, 2.24) is 26.4 Å². The molecule has 0 radical (unpaired) electrons. The lowest BCUT2D eigenvalue weighted by Crippen LogP contribution is -2.58. The Kier molecular flexibility index (Phi) is 6.92. The lowest BCUT2D eigenvalue weighted by Gasteiger charge is -2.42. The fourth-order valence-electron chi connectivity index (χ4n) is 6.24. The molecule has 5 rings (SSSR count). The Labute approximate surface area is 207 Å². The van der Waals surface area contributed by atoms with E-state index >= 15 is 0 Å². The first kappa shape index (κ1) is 24.3. The summed E-state index contributed by atoms with van der Waals surface area (Å²) in [4.78, 5) is 26.1. The van der Waals surface area contributed by atoms with Crippen molar-refractivity contribution in [2.75, 3.05) is 26.3 Å². The fourth-order valence-corrected chi connectivity index (χ4v) is 6.24. The molecule has 7 unspecified atom stereocenters. The van der Waals surface area contributed by atoms with Crippen LogP contribution in [0, 0.1) is 23.7 Å². The molecule has 1 aromatic carbocycles. The van der Waals surface area contributed by atoms with Crippen LogP contribution in [0.5, 0.6) is 11.5 Å². The molecular formula is C26H39N5O4. The summed E-state index contributed by atoms with van der Waals surface area (Å²) < 4.78 is 11.5. The Morgan fingerprint density at radius 3 is 2.69 bits per heavy atom. The smallest absolute Gasteiger partial charge is 0.225 e. The zero-order valence-corrected chi connectivity index (χ0v) is 21.2. The van der Waals surface area contributed by atoms with E-state index in [9.17, 15) is 9.59 Å². The van der Waals surface area contributed by atoms with Crippen LogP contribution >= 0.6 is 0 Å². The maximum absolute atomic E-state index is 13.6. The van der Waals surface area contributed by atoms with Crippen LogP contribution in [0.3, 0.4) is 0 Å². The fraction of sp³-hybridized carbons (Fsp3) is 0.692. The number of piperidine rings is 2. The molecule has 0 spiro atoms. The number of nitrogens with one attached hydrogen (secondary N) is 4. The number of carbonyl (C=O) groups is 2. The Hall–Kier alpha value is -2.36. The van der Waals surface area contributed by atoms with Crippen LogP contribution in [0.2, 0.25) is 0 Å². The predicted octanol–water partition coefficient (Wildman–Crippen LogP) is 1.56.